The van der Waals surface area contributed by atoms with E-state index in [-0.39, 0.29) is 12.1 Å². The number of benzene rings is 1. The highest BCUT2D eigenvalue weighted by molar-refractivity contribution is 5.82. The van der Waals surface area contributed by atoms with Gasteiger partial charge >= 0.3 is 0 Å². The Bertz CT molecular complexity index is 534. The third-order valence-electron chi connectivity index (χ3n) is 4.21. The molecule has 0 amide bonds. The summed E-state index contributed by atoms with van der Waals surface area (Å²) in [5.41, 5.74) is 2.47. The molecule has 1 aromatic carbocycles. The molecule has 19 heavy (non-hydrogen) atoms. The van der Waals surface area contributed by atoms with E-state index in [1.165, 1.54) is 29.3 Å². The van der Waals surface area contributed by atoms with Gasteiger partial charge in [0.2, 0.25) is 0 Å². The van der Waals surface area contributed by atoms with Gasteiger partial charge in [-0.15, -0.1) is 0 Å². The molecule has 0 radical (unpaired) electrons. The molecule has 1 aliphatic carbocycles. The van der Waals surface area contributed by atoms with Gasteiger partial charge in [-0.25, -0.2) is 0 Å². The van der Waals surface area contributed by atoms with Crippen LogP contribution in [-0.4, -0.2) is 22.2 Å². The maximum absolute atomic E-state index is 10.1. The Morgan fingerprint density at radius 3 is 2.95 bits per heavy atom. The highest BCUT2D eigenvalue weighted by atomic mass is 16.3. The van der Waals surface area contributed by atoms with Crippen LogP contribution >= 0.6 is 0 Å². The van der Waals surface area contributed by atoms with E-state index in [4.69, 9.17) is 0 Å². The lowest BCUT2D eigenvalue weighted by Gasteiger charge is -2.21. The Hall–Kier alpha value is -1.32. The lowest BCUT2D eigenvalue weighted by atomic mass is 10.1. The maximum Gasteiger partial charge on any atom is 0.0693 e. The van der Waals surface area contributed by atoms with Crippen LogP contribution < -0.4 is 5.32 Å². The molecule has 1 heterocycles. The molecule has 1 saturated carbocycles. The smallest absolute Gasteiger partial charge is 0.0693 e. The molecule has 0 spiro atoms. The number of H-pyrrole nitrogens is 1. The van der Waals surface area contributed by atoms with E-state index in [9.17, 15) is 5.11 Å². The van der Waals surface area contributed by atoms with Crippen molar-refractivity contribution < 1.29 is 5.11 Å². The zero-order valence-corrected chi connectivity index (χ0v) is 11.2. The van der Waals surface area contributed by atoms with Crippen LogP contribution in [0, 0.1) is 0 Å². The highest BCUT2D eigenvalue weighted by Crippen LogP contribution is 2.20. The monoisotopic (exact) mass is 258 g/mol. The van der Waals surface area contributed by atoms with Crippen LogP contribution in [-0.2, 0) is 6.54 Å². The Balaban J connectivity index is 1.68. The number of rotatable bonds is 3. The first-order valence-electron chi connectivity index (χ1n) is 7.31. The van der Waals surface area contributed by atoms with Crippen LogP contribution in [0.1, 0.15) is 37.7 Å². The lowest BCUT2D eigenvalue weighted by molar-refractivity contribution is 0.119. The van der Waals surface area contributed by atoms with Gasteiger partial charge in [0.05, 0.1) is 6.10 Å². The fourth-order valence-corrected chi connectivity index (χ4v) is 3.05. The largest absolute Gasteiger partial charge is 0.392 e. The van der Waals surface area contributed by atoms with E-state index in [0.29, 0.717) is 0 Å². The van der Waals surface area contributed by atoms with Crippen molar-refractivity contribution >= 4 is 10.9 Å². The van der Waals surface area contributed by atoms with E-state index in [2.05, 4.69) is 34.7 Å². The average Bonchev–Trinajstić information content (AvgIpc) is 2.73. The number of hydrogen-bond acceptors (Lipinski definition) is 2. The summed E-state index contributed by atoms with van der Waals surface area (Å²) in [6.07, 6.45) is 7.54. The van der Waals surface area contributed by atoms with Gasteiger partial charge in [0.25, 0.3) is 0 Å². The van der Waals surface area contributed by atoms with Crippen molar-refractivity contribution in [3.05, 3.63) is 36.0 Å². The second-order valence-electron chi connectivity index (χ2n) is 5.55. The number of aliphatic hydroxyl groups is 1. The van der Waals surface area contributed by atoms with E-state index >= 15 is 0 Å². The molecule has 1 aromatic heterocycles. The summed E-state index contributed by atoms with van der Waals surface area (Å²) in [7, 11) is 0. The molecule has 3 rings (SSSR count). The van der Waals surface area contributed by atoms with E-state index in [1.54, 1.807) is 0 Å². The second-order valence-corrected chi connectivity index (χ2v) is 5.55. The summed E-state index contributed by atoms with van der Waals surface area (Å²) >= 11 is 0. The Morgan fingerprint density at radius 1 is 1.16 bits per heavy atom. The number of aromatic nitrogens is 1. The number of hydrogen-bond donors (Lipinski definition) is 3. The predicted molar refractivity (Wildman–Crippen MR) is 78.0 cm³/mol. The van der Waals surface area contributed by atoms with Gasteiger partial charge in [0.15, 0.2) is 0 Å². The van der Waals surface area contributed by atoms with E-state index in [1.807, 2.05) is 6.07 Å². The first-order valence-corrected chi connectivity index (χ1v) is 7.31. The summed E-state index contributed by atoms with van der Waals surface area (Å²) in [6, 6.07) is 8.60. The quantitative estimate of drug-likeness (QED) is 0.741. The highest BCUT2D eigenvalue weighted by Gasteiger charge is 2.21. The minimum Gasteiger partial charge on any atom is -0.392 e. The first-order chi connectivity index (χ1) is 9.34. The molecule has 3 heteroatoms. The van der Waals surface area contributed by atoms with Gasteiger partial charge in [-0.2, -0.15) is 0 Å². The van der Waals surface area contributed by atoms with Crippen molar-refractivity contribution in [3.63, 3.8) is 0 Å². The molecule has 0 saturated heterocycles. The second kappa shape index (κ2) is 5.76. The predicted octanol–water partition coefficient (Wildman–Crippen LogP) is 2.95. The fraction of sp³-hybridized carbons (Fsp3) is 0.500. The zero-order chi connectivity index (χ0) is 13.1. The Labute approximate surface area is 114 Å². The van der Waals surface area contributed by atoms with Crippen molar-refractivity contribution in [2.24, 2.45) is 0 Å². The Morgan fingerprint density at radius 2 is 2.00 bits per heavy atom. The van der Waals surface area contributed by atoms with Crippen LogP contribution in [0.15, 0.2) is 30.5 Å². The van der Waals surface area contributed by atoms with Gasteiger partial charge in [-0.05, 0) is 24.5 Å². The number of aromatic amines is 1. The van der Waals surface area contributed by atoms with Crippen LogP contribution in [0.3, 0.4) is 0 Å². The summed E-state index contributed by atoms with van der Waals surface area (Å²) < 4.78 is 0. The number of nitrogens with one attached hydrogen (secondary N) is 2. The van der Waals surface area contributed by atoms with Crippen molar-refractivity contribution in [1.82, 2.24) is 10.3 Å². The minimum absolute atomic E-state index is 0.187. The topological polar surface area (TPSA) is 48.0 Å². The normalized spacial score (nSPS) is 24.5. The zero-order valence-electron chi connectivity index (χ0n) is 11.2. The molecule has 3 nitrogen and oxygen atoms in total. The number of aliphatic hydroxyl groups excluding tert-OH is 1. The fourth-order valence-electron chi connectivity index (χ4n) is 3.05. The van der Waals surface area contributed by atoms with Crippen molar-refractivity contribution in [1.29, 1.82) is 0 Å². The third kappa shape index (κ3) is 2.82. The average molecular weight is 258 g/mol. The van der Waals surface area contributed by atoms with Crippen LogP contribution in [0.4, 0.5) is 0 Å². The molecule has 0 aliphatic heterocycles. The van der Waals surface area contributed by atoms with Gasteiger partial charge in [0.1, 0.15) is 0 Å². The molecule has 3 N–H and O–H groups in total. The molecular weight excluding hydrogens is 236 g/mol. The summed E-state index contributed by atoms with van der Waals surface area (Å²) in [5.74, 6) is 0. The van der Waals surface area contributed by atoms with Crippen LogP contribution in [0.5, 0.6) is 0 Å². The molecular formula is C16H22N2O. The number of para-hydroxylation sites is 1. The van der Waals surface area contributed by atoms with E-state index < -0.39 is 0 Å². The first kappa shape index (κ1) is 12.7. The summed E-state index contributed by atoms with van der Waals surface area (Å²) in [4.78, 5) is 3.30. The van der Waals surface area contributed by atoms with Gasteiger partial charge in [0, 0.05) is 29.7 Å². The van der Waals surface area contributed by atoms with Gasteiger partial charge in [-0.3, -0.25) is 0 Å². The molecule has 2 atom stereocenters. The summed E-state index contributed by atoms with van der Waals surface area (Å²) in [5, 5.41) is 14.9. The SMILES string of the molecule is OC1CCCCCC1NCc1c[nH]c2ccccc12. The molecule has 1 aliphatic rings. The maximum atomic E-state index is 10.1. The molecule has 2 unspecified atom stereocenters. The number of fused-ring (bicyclic) bond motifs is 1. The van der Waals surface area contributed by atoms with Gasteiger partial charge < -0.3 is 15.4 Å². The standard InChI is InChI=1S/C16H22N2O/c19-16-9-3-1-2-8-15(16)18-11-12-10-17-14-7-5-4-6-13(12)14/h4-7,10,15-19H,1-3,8-9,11H2. The van der Waals surface area contributed by atoms with E-state index in [0.717, 1.165) is 25.8 Å². The minimum atomic E-state index is -0.187. The molecule has 0 bridgehead atoms. The van der Waals surface area contributed by atoms with Crippen LogP contribution in [0.2, 0.25) is 0 Å². The molecule has 102 valence electrons. The van der Waals surface area contributed by atoms with Crippen LogP contribution in [0.25, 0.3) is 10.9 Å². The summed E-state index contributed by atoms with van der Waals surface area (Å²) in [6.45, 7) is 0.825. The lowest BCUT2D eigenvalue weighted by Crippen LogP contribution is -2.38. The molecule has 1 fully saturated rings. The van der Waals surface area contributed by atoms with Crippen molar-refractivity contribution in [3.8, 4) is 0 Å². The third-order valence-corrected chi connectivity index (χ3v) is 4.21. The van der Waals surface area contributed by atoms with Crippen molar-refractivity contribution in [2.45, 2.75) is 50.8 Å². The van der Waals surface area contributed by atoms with Gasteiger partial charge in [-0.1, -0.05) is 37.5 Å². The molecule has 2 aromatic rings. The van der Waals surface area contributed by atoms with Crippen molar-refractivity contribution in [2.75, 3.05) is 0 Å². The Kier molecular flexibility index (Phi) is 3.85.